The molecule has 26 heavy (non-hydrogen) atoms. The van der Waals surface area contributed by atoms with Crippen LogP contribution in [0.4, 0.5) is 5.69 Å². The van der Waals surface area contributed by atoms with E-state index in [9.17, 15) is 4.79 Å². The zero-order chi connectivity index (χ0) is 18.9. The monoisotopic (exact) mass is 357 g/mol. The number of guanidine groups is 1. The van der Waals surface area contributed by atoms with Gasteiger partial charge in [0.2, 0.25) is 5.91 Å². The quantitative estimate of drug-likeness (QED) is 0.523. The molecule has 2 rings (SSSR count). The Morgan fingerprint density at radius 2 is 1.96 bits per heavy atom. The third-order valence-corrected chi connectivity index (χ3v) is 3.80. The fraction of sp³-hybridized carbons (Fsp3) is 0.421. The SMILES string of the molecule is CN=C(NCCc1ccc(NC(C)=O)cc1)NCc1cc(C(C)C)no1. The van der Waals surface area contributed by atoms with E-state index in [1.165, 1.54) is 12.5 Å². The lowest BCUT2D eigenvalue weighted by Crippen LogP contribution is -2.37. The molecule has 0 atom stereocenters. The number of hydrogen-bond acceptors (Lipinski definition) is 4. The lowest BCUT2D eigenvalue weighted by Gasteiger charge is -2.11. The van der Waals surface area contributed by atoms with E-state index in [4.69, 9.17) is 4.52 Å². The molecular formula is C19H27N5O2. The standard InChI is InChI=1S/C19H27N5O2/c1-13(2)18-11-17(26-24-18)12-22-19(20-4)21-10-9-15-5-7-16(8-6-15)23-14(3)25/h5-8,11,13H,9-10,12H2,1-4H3,(H,23,25)(H2,20,21,22). The molecule has 2 aromatic rings. The van der Waals surface area contributed by atoms with Crippen molar-refractivity contribution >= 4 is 17.6 Å². The molecule has 140 valence electrons. The summed E-state index contributed by atoms with van der Waals surface area (Å²) < 4.78 is 5.31. The van der Waals surface area contributed by atoms with Crippen LogP contribution in [0, 0.1) is 0 Å². The van der Waals surface area contributed by atoms with Gasteiger partial charge in [0, 0.05) is 32.3 Å². The van der Waals surface area contributed by atoms with Crippen LogP contribution in [0.5, 0.6) is 0 Å². The van der Waals surface area contributed by atoms with Crippen LogP contribution in [0.1, 0.15) is 43.7 Å². The molecule has 3 N–H and O–H groups in total. The number of benzene rings is 1. The van der Waals surface area contributed by atoms with Gasteiger partial charge in [-0.25, -0.2) is 0 Å². The summed E-state index contributed by atoms with van der Waals surface area (Å²) in [5.41, 5.74) is 2.94. The first kappa shape index (κ1) is 19.5. The molecule has 7 heteroatoms. The molecular weight excluding hydrogens is 330 g/mol. The highest BCUT2D eigenvalue weighted by Crippen LogP contribution is 2.13. The average molecular weight is 357 g/mol. The molecule has 1 aromatic carbocycles. The van der Waals surface area contributed by atoms with E-state index in [0.717, 1.165) is 30.1 Å². The Kier molecular flexibility index (Phi) is 7.20. The first-order valence-electron chi connectivity index (χ1n) is 8.74. The van der Waals surface area contributed by atoms with E-state index in [1.54, 1.807) is 7.05 Å². The Morgan fingerprint density at radius 1 is 1.23 bits per heavy atom. The maximum Gasteiger partial charge on any atom is 0.221 e. The number of nitrogens with zero attached hydrogens (tertiary/aromatic N) is 2. The number of hydrogen-bond donors (Lipinski definition) is 3. The van der Waals surface area contributed by atoms with Gasteiger partial charge >= 0.3 is 0 Å². The van der Waals surface area contributed by atoms with Crippen LogP contribution in [0.3, 0.4) is 0 Å². The number of aromatic nitrogens is 1. The van der Waals surface area contributed by atoms with Gasteiger partial charge in [-0.1, -0.05) is 31.1 Å². The van der Waals surface area contributed by atoms with Crippen LogP contribution in [0.15, 0.2) is 39.8 Å². The summed E-state index contributed by atoms with van der Waals surface area (Å²) in [7, 11) is 1.73. The molecule has 0 fully saturated rings. The molecule has 7 nitrogen and oxygen atoms in total. The van der Waals surface area contributed by atoms with Crippen LogP contribution >= 0.6 is 0 Å². The van der Waals surface area contributed by atoms with Gasteiger partial charge in [0.1, 0.15) is 0 Å². The molecule has 0 spiro atoms. The Hall–Kier alpha value is -2.83. The Bertz CT molecular complexity index is 735. The fourth-order valence-electron chi connectivity index (χ4n) is 2.36. The fourth-order valence-corrected chi connectivity index (χ4v) is 2.36. The van der Waals surface area contributed by atoms with Gasteiger partial charge in [-0.2, -0.15) is 0 Å². The van der Waals surface area contributed by atoms with Crippen molar-refractivity contribution < 1.29 is 9.32 Å². The number of amides is 1. The number of nitrogens with one attached hydrogen (secondary N) is 3. The molecule has 1 heterocycles. The lowest BCUT2D eigenvalue weighted by molar-refractivity contribution is -0.114. The van der Waals surface area contributed by atoms with Gasteiger partial charge < -0.3 is 20.5 Å². The smallest absolute Gasteiger partial charge is 0.221 e. The highest BCUT2D eigenvalue weighted by Gasteiger charge is 2.08. The Balaban J connectivity index is 1.75. The lowest BCUT2D eigenvalue weighted by atomic mass is 10.1. The summed E-state index contributed by atoms with van der Waals surface area (Å²) in [4.78, 5) is 15.2. The van der Waals surface area contributed by atoms with E-state index >= 15 is 0 Å². The second kappa shape index (κ2) is 9.60. The molecule has 0 aliphatic carbocycles. The van der Waals surface area contributed by atoms with Crippen molar-refractivity contribution in [2.45, 2.75) is 39.7 Å². The summed E-state index contributed by atoms with van der Waals surface area (Å²) in [6, 6.07) is 9.78. The summed E-state index contributed by atoms with van der Waals surface area (Å²) in [6.45, 7) is 6.94. The Labute approximate surface area is 154 Å². The predicted molar refractivity (Wildman–Crippen MR) is 103 cm³/mol. The largest absolute Gasteiger partial charge is 0.359 e. The number of carbonyl (C=O) groups is 1. The van der Waals surface area contributed by atoms with E-state index in [1.807, 2.05) is 30.3 Å². The summed E-state index contributed by atoms with van der Waals surface area (Å²) >= 11 is 0. The third kappa shape index (κ3) is 6.23. The minimum atomic E-state index is -0.0680. The number of anilines is 1. The number of aliphatic imine (C=N–C) groups is 1. The first-order chi connectivity index (χ1) is 12.5. The van der Waals surface area contributed by atoms with Gasteiger partial charge in [-0.3, -0.25) is 9.79 Å². The van der Waals surface area contributed by atoms with Crippen molar-refractivity contribution in [3.05, 3.63) is 47.3 Å². The summed E-state index contributed by atoms with van der Waals surface area (Å²) in [5.74, 6) is 1.77. The highest BCUT2D eigenvalue weighted by molar-refractivity contribution is 5.88. The first-order valence-corrected chi connectivity index (χ1v) is 8.74. The highest BCUT2D eigenvalue weighted by atomic mass is 16.5. The van der Waals surface area contributed by atoms with Gasteiger partial charge in [-0.15, -0.1) is 0 Å². The van der Waals surface area contributed by atoms with Crippen molar-refractivity contribution in [3.8, 4) is 0 Å². The van der Waals surface area contributed by atoms with Crippen molar-refractivity contribution in [1.29, 1.82) is 0 Å². The molecule has 0 radical (unpaired) electrons. The number of rotatable bonds is 7. The van der Waals surface area contributed by atoms with Crippen LogP contribution in [0.2, 0.25) is 0 Å². The zero-order valence-corrected chi connectivity index (χ0v) is 15.8. The van der Waals surface area contributed by atoms with Crippen LogP contribution in [-0.2, 0) is 17.8 Å². The van der Waals surface area contributed by atoms with Crippen molar-refractivity contribution in [2.24, 2.45) is 4.99 Å². The second-order valence-corrected chi connectivity index (χ2v) is 6.35. The van der Waals surface area contributed by atoms with Crippen molar-refractivity contribution in [1.82, 2.24) is 15.8 Å². The molecule has 0 unspecified atom stereocenters. The van der Waals surface area contributed by atoms with E-state index in [0.29, 0.717) is 18.4 Å². The zero-order valence-electron chi connectivity index (χ0n) is 15.8. The molecule has 0 saturated carbocycles. The van der Waals surface area contributed by atoms with Gasteiger partial charge in [0.15, 0.2) is 11.7 Å². The maximum atomic E-state index is 11.0. The van der Waals surface area contributed by atoms with E-state index in [-0.39, 0.29) is 5.91 Å². The molecule has 1 aromatic heterocycles. The summed E-state index contributed by atoms with van der Waals surface area (Å²) in [6.07, 6.45) is 0.848. The summed E-state index contributed by atoms with van der Waals surface area (Å²) in [5, 5.41) is 13.3. The van der Waals surface area contributed by atoms with Crippen LogP contribution in [-0.4, -0.2) is 30.6 Å². The number of carbonyl (C=O) groups excluding carboxylic acids is 1. The van der Waals surface area contributed by atoms with E-state index < -0.39 is 0 Å². The van der Waals surface area contributed by atoms with Crippen LogP contribution in [0.25, 0.3) is 0 Å². The molecule has 1 amide bonds. The topological polar surface area (TPSA) is 91.5 Å². The second-order valence-electron chi connectivity index (χ2n) is 6.35. The van der Waals surface area contributed by atoms with E-state index in [2.05, 4.69) is 39.9 Å². The normalized spacial score (nSPS) is 11.5. The molecule has 0 bridgehead atoms. The predicted octanol–water partition coefficient (Wildman–Crippen LogP) is 2.66. The molecule has 0 saturated heterocycles. The minimum Gasteiger partial charge on any atom is -0.359 e. The van der Waals surface area contributed by atoms with Crippen molar-refractivity contribution in [2.75, 3.05) is 18.9 Å². The maximum absolute atomic E-state index is 11.0. The average Bonchev–Trinajstić information content (AvgIpc) is 3.08. The van der Waals surface area contributed by atoms with Crippen LogP contribution < -0.4 is 16.0 Å². The molecule has 0 aliphatic rings. The molecule has 0 aliphatic heterocycles. The van der Waals surface area contributed by atoms with Gasteiger partial charge in [0.05, 0.1) is 12.2 Å². The van der Waals surface area contributed by atoms with Gasteiger partial charge in [-0.05, 0) is 30.0 Å². The Morgan fingerprint density at radius 3 is 2.54 bits per heavy atom. The third-order valence-electron chi connectivity index (χ3n) is 3.80. The van der Waals surface area contributed by atoms with Gasteiger partial charge in [0.25, 0.3) is 0 Å². The van der Waals surface area contributed by atoms with Crippen molar-refractivity contribution in [3.63, 3.8) is 0 Å². The minimum absolute atomic E-state index is 0.0680.